The van der Waals surface area contributed by atoms with E-state index >= 15 is 0 Å². The van der Waals surface area contributed by atoms with E-state index in [1.807, 2.05) is 18.2 Å². The van der Waals surface area contributed by atoms with E-state index in [1.54, 1.807) is 18.2 Å². The Morgan fingerprint density at radius 1 is 1.11 bits per heavy atom. The lowest BCUT2D eigenvalue weighted by Gasteiger charge is -2.05. The molecule has 0 saturated carbocycles. The number of carbonyl (C=O) groups excluding carboxylic acids is 1. The second-order valence-electron chi connectivity index (χ2n) is 4.00. The molecule has 0 unspecified atom stereocenters. The summed E-state index contributed by atoms with van der Waals surface area (Å²) in [7, 11) is -3.51. The highest BCUT2D eigenvalue weighted by Gasteiger charge is 2.05. The third kappa shape index (κ3) is 3.07. The molecule has 5 heteroatoms. The number of fused-ring (bicyclic) bond motifs is 1. The Morgan fingerprint density at radius 3 is 2.44 bits per heavy atom. The van der Waals surface area contributed by atoms with Gasteiger partial charge in [0.25, 0.3) is 0 Å². The summed E-state index contributed by atoms with van der Waals surface area (Å²) in [6, 6.07) is 10.6. The van der Waals surface area contributed by atoms with Gasteiger partial charge in [0, 0.05) is 6.42 Å². The summed E-state index contributed by atoms with van der Waals surface area (Å²) in [5, 5.41) is 1.81. The molecule has 0 spiro atoms. The van der Waals surface area contributed by atoms with Gasteiger partial charge in [-0.1, -0.05) is 24.3 Å². The van der Waals surface area contributed by atoms with Gasteiger partial charge in [-0.15, -0.1) is 0 Å². The van der Waals surface area contributed by atoms with Gasteiger partial charge in [0.15, 0.2) is 0 Å². The molecule has 0 bridgehead atoms. The maximum atomic E-state index is 11.0. The summed E-state index contributed by atoms with van der Waals surface area (Å²) >= 11 is 0. The van der Waals surface area contributed by atoms with E-state index in [0.29, 0.717) is 6.42 Å². The van der Waals surface area contributed by atoms with Crippen molar-refractivity contribution in [3.8, 4) is 5.75 Å². The molecule has 0 aliphatic carbocycles. The van der Waals surface area contributed by atoms with Crippen LogP contribution >= 0.6 is 0 Å². The maximum Gasteiger partial charge on any atom is 0.306 e. The lowest BCUT2D eigenvalue weighted by atomic mass is 10.1. The molecule has 0 N–H and O–H groups in total. The normalized spacial score (nSPS) is 11.4. The van der Waals surface area contributed by atoms with Crippen molar-refractivity contribution >= 4 is 27.2 Å². The first-order valence-electron chi connectivity index (χ1n) is 5.34. The van der Waals surface area contributed by atoms with Crippen molar-refractivity contribution in [3.05, 3.63) is 42.0 Å². The van der Waals surface area contributed by atoms with E-state index in [1.165, 1.54) is 0 Å². The first-order chi connectivity index (χ1) is 8.48. The van der Waals surface area contributed by atoms with Crippen LogP contribution in [-0.2, 0) is 21.3 Å². The van der Waals surface area contributed by atoms with Crippen molar-refractivity contribution in [2.24, 2.45) is 0 Å². The number of carbonyl (C=O) groups is 1. The van der Waals surface area contributed by atoms with Gasteiger partial charge in [-0.05, 0) is 28.5 Å². The lowest BCUT2D eigenvalue weighted by Crippen LogP contribution is -2.05. The maximum absolute atomic E-state index is 11.0. The third-order valence-corrected chi connectivity index (χ3v) is 2.94. The van der Waals surface area contributed by atoms with E-state index in [0.717, 1.165) is 28.9 Å². The van der Waals surface area contributed by atoms with Crippen LogP contribution in [0.25, 0.3) is 10.8 Å². The van der Waals surface area contributed by atoms with Crippen LogP contribution in [0.4, 0.5) is 0 Å². The first-order valence-corrected chi connectivity index (χ1v) is 7.15. The second-order valence-corrected chi connectivity index (χ2v) is 5.58. The van der Waals surface area contributed by atoms with Crippen molar-refractivity contribution in [2.45, 2.75) is 6.42 Å². The van der Waals surface area contributed by atoms with Gasteiger partial charge in [0.05, 0.1) is 6.26 Å². The van der Waals surface area contributed by atoms with Crippen molar-refractivity contribution in [1.29, 1.82) is 0 Å². The van der Waals surface area contributed by atoms with Crippen LogP contribution in [0.5, 0.6) is 5.75 Å². The topological polar surface area (TPSA) is 60.4 Å². The SMILES string of the molecule is CS(=O)(=O)Oc1ccc2cc(CC=O)ccc2c1. The zero-order chi connectivity index (χ0) is 13.2. The molecule has 0 aromatic heterocycles. The minimum Gasteiger partial charge on any atom is -0.383 e. The van der Waals surface area contributed by atoms with Gasteiger partial charge in [-0.2, -0.15) is 8.42 Å². The standard InChI is InChI=1S/C13H12O4S/c1-18(15,16)17-13-5-4-11-8-10(6-7-14)2-3-12(11)9-13/h2-5,7-9H,6H2,1H3. The van der Waals surface area contributed by atoms with Crippen molar-refractivity contribution < 1.29 is 17.4 Å². The van der Waals surface area contributed by atoms with E-state index in [9.17, 15) is 13.2 Å². The zero-order valence-corrected chi connectivity index (χ0v) is 10.6. The van der Waals surface area contributed by atoms with Crippen LogP contribution in [-0.4, -0.2) is 21.0 Å². The van der Waals surface area contributed by atoms with Gasteiger partial charge in [-0.3, -0.25) is 0 Å². The first kappa shape index (κ1) is 12.6. The molecular weight excluding hydrogens is 252 g/mol. The number of aldehydes is 1. The molecular formula is C13H12O4S. The Hall–Kier alpha value is -1.88. The quantitative estimate of drug-likeness (QED) is 0.625. The van der Waals surface area contributed by atoms with Gasteiger partial charge >= 0.3 is 10.1 Å². The second kappa shape index (κ2) is 4.78. The molecule has 0 radical (unpaired) electrons. The fourth-order valence-corrected chi connectivity index (χ4v) is 2.18. The zero-order valence-electron chi connectivity index (χ0n) is 9.79. The minimum atomic E-state index is -3.51. The van der Waals surface area contributed by atoms with Crippen LogP contribution < -0.4 is 4.18 Å². The molecule has 0 amide bonds. The monoisotopic (exact) mass is 264 g/mol. The van der Waals surface area contributed by atoms with E-state index in [4.69, 9.17) is 4.18 Å². The third-order valence-electron chi connectivity index (χ3n) is 2.44. The molecule has 2 aromatic carbocycles. The Morgan fingerprint density at radius 2 is 1.78 bits per heavy atom. The van der Waals surface area contributed by atoms with Gasteiger partial charge in [0.2, 0.25) is 0 Å². The summed E-state index contributed by atoms with van der Waals surface area (Å²) in [5.41, 5.74) is 0.925. The lowest BCUT2D eigenvalue weighted by molar-refractivity contribution is -0.107. The number of hydrogen-bond acceptors (Lipinski definition) is 4. The van der Waals surface area contributed by atoms with Crippen LogP contribution in [0.3, 0.4) is 0 Å². The van der Waals surface area contributed by atoms with Crippen LogP contribution in [0.1, 0.15) is 5.56 Å². The summed E-state index contributed by atoms with van der Waals surface area (Å²) in [5.74, 6) is 0.285. The predicted octanol–water partition coefficient (Wildman–Crippen LogP) is 1.92. The fourth-order valence-electron chi connectivity index (χ4n) is 1.72. The molecule has 0 aliphatic heterocycles. The summed E-state index contributed by atoms with van der Waals surface area (Å²) in [6.45, 7) is 0. The summed E-state index contributed by atoms with van der Waals surface area (Å²) in [4.78, 5) is 10.4. The predicted molar refractivity (Wildman–Crippen MR) is 69.2 cm³/mol. The molecule has 0 atom stereocenters. The van der Waals surface area contributed by atoms with E-state index in [2.05, 4.69) is 0 Å². The number of hydrogen-bond donors (Lipinski definition) is 0. The molecule has 0 aliphatic rings. The molecule has 94 valence electrons. The van der Waals surface area contributed by atoms with Crippen LogP contribution in [0.2, 0.25) is 0 Å². The highest BCUT2D eigenvalue weighted by Crippen LogP contribution is 2.23. The average molecular weight is 264 g/mol. The molecule has 18 heavy (non-hydrogen) atoms. The van der Waals surface area contributed by atoms with Gasteiger partial charge in [-0.25, -0.2) is 0 Å². The van der Waals surface area contributed by atoms with E-state index < -0.39 is 10.1 Å². The number of benzene rings is 2. The van der Waals surface area contributed by atoms with Crippen molar-refractivity contribution in [1.82, 2.24) is 0 Å². The molecule has 0 saturated heterocycles. The summed E-state index contributed by atoms with van der Waals surface area (Å²) < 4.78 is 26.8. The van der Waals surface area contributed by atoms with Gasteiger partial charge < -0.3 is 8.98 Å². The van der Waals surface area contributed by atoms with Crippen LogP contribution in [0.15, 0.2) is 36.4 Å². The average Bonchev–Trinajstić information content (AvgIpc) is 2.27. The fraction of sp³-hybridized carbons (Fsp3) is 0.154. The highest BCUT2D eigenvalue weighted by molar-refractivity contribution is 7.86. The molecule has 2 rings (SSSR count). The summed E-state index contributed by atoms with van der Waals surface area (Å²) in [6.07, 6.45) is 2.23. The molecule has 2 aromatic rings. The van der Waals surface area contributed by atoms with Gasteiger partial charge in [0.1, 0.15) is 12.0 Å². The minimum absolute atomic E-state index is 0.285. The largest absolute Gasteiger partial charge is 0.383 e. The Bertz CT molecular complexity index is 689. The smallest absolute Gasteiger partial charge is 0.306 e. The highest BCUT2D eigenvalue weighted by atomic mass is 32.2. The Balaban J connectivity index is 2.41. The van der Waals surface area contributed by atoms with E-state index in [-0.39, 0.29) is 5.75 Å². The van der Waals surface area contributed by atoms with Crippen molar-refractivity contribution in [3.63, 3.8) is 0 Å². The van der Waals surface area contributed by atoms with Crippen LogP contribution in [0, 0.1) is 0 Å². The molecule has 0 fully saturated rings. The number of rotatable bonds is 4. The van der Waals surface area contributed by atoms with Crippen molar-refractivity contribution in [2.75, 3.05) is 6.26 Å². The molecule has 0 heterocycles. The molecule has 4 nitrogen and oxygen atoms in total. The Labute approximate surface area is 105 Å². The Kier molecular flexibility index (Phi) is 3.34.